The summed E-state index contributed by atoms with van der Waals surface area (Å²) in [5, 5.41) is 0. The number of aryl methyl sites for hydroxylation is 3. The SMILES string of the molecule is [2H]C([2H])([2H])c1cc(C)c(-c2cc[c]([Ge]([CH3])([CH3])[CH3])c[n+]2C)cn1. The van der Waals surface area contributed by atoms with Gasteiger partial charge in [0.1, 0.15) is 0 Å². The average Bonchev–Trinajstić information content (AvgIpc) is 2.37. The van der Waals surface area contributed by atoms with E-state index in [9.17, 15) is 0 Å². The van der Waals surface area contributed by atoms with Gasteiger partial charge >= 0.3 is 123 Å². The van der Waals surface area contributed by atoms with Crippen molar-refractivity contribution in [1.29, 1.82) is 0 Å². The molecule has 0 saturated heterocycles. The van der Waals surface area contributed by atoms with E-state index < -0.39 is 20.1 Å². The Balaban J connectivity index is 2.49. The van der Waals surface area contributed by atoms with Crippen LogP contribution in [0, 0.1) is 13.8 Å². The molecule has 0 amide bonds. The van der Waals surface area contributed by atoms with Crippen LogP contribution in [0.15, 0.2) is 30.6 Å². The Hall–Kier alpha value is -1.16. The van der Waals surface area contributed by atoms with E-state index in [0.717, 1.165) is 16.8 Å². The van der Waals surface area contributed by atoms with Gasteiger partial charge < -0.3 is 0 Å². The van der Waals surface area contributed by atoms with Crippen LogP contribution < -0.4 is 8.96 Å². The second-order valence-electron chi connectivity index (χ2n) is 6.05. The fourth-order valence-electron chi connectivity index (χ4n) is 2.16. The Labute approximate surface area is 123 Å². The Morgan fingerprint density at radius 1 is 1.26 bits per heavy atom. The molecule has 100 valence electrons. The molecule has 0 unspecified atom stereocenters. The molecular formula is C16H23GeN2+. The van der Waals surface area contributed by atoms with E-state index in [1.54, 1.807) is 12.3 Å². The van der Waals surface area contributed by atoms with Gasteiger partial charge in [-0.1, -0.05) is 0 Å². The van der Waals surface area contributed by atoms with Gasteiger partial charge in [0.2, 0.25) is 0 Å². The van der Waals surface area contributed by atoms with E-state index >= 15 is 0 Å². The van der Waals surface area contributed by atoms with E-state index in [-0.39, 0.29) is 5.69 Å². The van der Waals surface area contributed by atoms with Gasteiger partial charge in [0.05, 0.1) is 0 Å². The Bertz CT molecular complexity index is 642. The third-order valence-corrected chi connectivity index (χ3v) is 7.64. The zero-order chi connectivity index (χ0) is 16.7. The first-order valence-corrected chi connectivity index (χ1v) is 13.8. The van der Waals surface area contributed by atoms with Crippen molar-refractivity contribution in [3.05, 3.63) is 41.9 Å². The van der Waals surface area contributed by atoms with Gasteiger partial charge in [0.25, 0.3) is 0 Å². The Morgan fingerprint density at radius 2 is 2.00 bits per heavy atom. The molecule has 2 aromatic rings. The first-order chi connectivity index (χ1) is 10.00. The van der Waals surface area contributed by atoms with Crippen LogP contribution >= 0.6 is 0 Å². The predicted molar refractivity (Wildman–Crippen MR) is 83.3 cm³/mol. The van der Waals surface area contributed by atoms with Crippen molar-refractivity contribution in [2.45, 2.75) is 31.0 Å². The quantitative estimate of drug-likeness (QED) is 0.614. The monoisotopic (exact) mass is 320 g/mol. The molecule has 0 aliphatic heterocycles. The van der Waals surface area contributed by atoms with E-state index in [0.29, 0.717) is 0 Å². The van der Waals surface area contributed by atoms with Crippen molar-refractivity contribution in [2.24, 2.45) is 7.05 Å². The molecule has 3 heteroatoms. The maximum absolute atomic E-state index is 7.46. The van der Waals surface area contributed by atoms with E-state index in [2.05, 4.69) is 45.1 Å². The summed E-state index contributed by atoms with van der Waals surface area (Å²) in [5.41, 5.74) is 3.11. The number of pyridine rings is 2. The summed E-state index contributed by atoms with van der Waals surface area (Å²) < 4.78 is 25.9. The van der Waals surface area contributed by atoms with Crippen LogP contribution in [0.25, 0.3) is 11.3 Å². The molecule has 0 aliphatic rings. The standard InChI is InChI=1S/C16H23GeN2/c1-12-9-13(2)18-10-15(12)16-8-7-14(11-19(16)6)17(3,4)5/h7-11H,1-6H3/q+1/i2D3. The molecule has 2 aromatic heterocycles. The zero-order valence-electron chi connectivity index (χ0n) is 15.3. The van der Waals surface area contributed by atoms with E-state index in [4.69, 9.17) is 4.11 Å². The average molecular weight is 319 g/mol. The summed E-state index contributed by atoms with van der Waals surface area (Å²) in [6.45, 7) is -0.225. The predicted octanol–water partition coefficient (Wildman–Crippen LogP) is 2.74. The number of hydrogen-bond donors (Lipinski definition) is 0. The summed E-state index contributed by atoms with van der Waals surface area (Å²) in [6, 6.07) is 5.98. The van der Waals surface area contributed by atoms with Gasteiger partial charge in [-0.25, -0.2) is 0 Å². The molecule has 0 saturated carbocycles. The summed E-state index contributed by atoms with van der Waals surface area (Å²) in [4.78, 5) is 4.14. The molecule has 0 bridgehead atoms. The Kier molecular flexibility index (Phi) is 2.84. The number of rotatable bonds is 2. The van der Waals surface area contributed by atoms with Crippen LogP contribution in [0.5, 0.6) is 0 Å². The fourth-order valence-corrected chi connectivity index (χ4v) is 4.60. The molecule has 0 N–H and O–H groups in total. The summed E-state index contributed by atoms with van der Waals surface area (Å²) >= 11 is -1.85. The second-order valence-corrected chi connectivity index (χ2v) is 16.7. The van der Waals surface area contributed by atoms with E-state index in [1.165, 1.54) is 4.40 Å². The van der Waals surface area contributed by atoms with Gasteiger partial charge in [-0.3, -0.25) is 0 Å². The van der Waals surface area contributed by atoms with Crippen molar-refractivity contribution in [3.63, 3.8) is 0 Å². The molecule has 0 radical (unpaired) electrons. The van der Waals surface area contributed by atoms with Crippen molar-refractivity contribution < 1.29 is 8.68 Å². The normalized spacial score (nSPS) is 14.7. The van der Waals surface area contributed by atoms with Crippen LogP contribution in [0.2, 0.25) is 17.3 Å². The number of nitrogens with zero attached hydrogens (tertiary/aromatic N) is 2. The molecule has 0 aliphatic carbocycles. The first-order valence-electron chi connectivity index (χ1n) is 7.98. The van der Waals surface area contributed by atoms with Crippen molar-refractivity contribution in [2.75, 3.05) is 0 Å². The van der Waals surface area contributed by atoms with Crippen LogP contribution in [0.3, 0.4) is 0 Å². The first kappa shape index (κ1) is 10.6. The minimum absolute atomic E-state index is 0.151. The molecule has 2 rings (SSSR count). The zero-order valence-corrected chi connectivity index (χ0v) is 14.4. The molecule has 19 heavy (non-hydrogen) atoms. The van der Waals surface area contributed by atoms with Crippen LogP contribution in [-0.2, 0) is 7.05 Å². The molecule has 0 atom stereocenters. The van der Waals surface area contributed by atoms with Crippen LogP contribution in [-0.4, -0.2) is 18.3 Å². The second kappa shape index (κ2) is 5.08. The molecule has 2 nitrogen and oxygen atoms in total. The van der Waals surface area contributed by atoms with Gasteiger partial charge in [-0.15, -0.1) is 0 Å². The topological polar surface area (TPSA) is 16.8 Å². The fraction of sp³-hybridized carbons (Fsp3) is 0.375. The molecule has 0 aromatic carbocycles. The maximum atomic E-state index is 7.46. The summed E-state index contributed by atoms with van der Waals surface area (Å²) in [7, 11) is 2.03. The van der Waals surface area contributed by atoms with Gasteiger partial charge in [0.15, 0.2) is 0 Å². The third-order valence-electron chi connectivity index (χ3n) is 3.39. The molecule has 2 heterocycles. The summed E-state index contributed by atoms with van der Waals surface area (Å²) in [6.07, 6.45) is 3.87. The van der Waals surface area contributed by atoms with Crippen LogP contribution in [0.4, 0.5) is 0 Å². The van der Waals surface area contributed by atoms with Gasteiger partial charge in [-0.2, -0.15) is 0 Å². The minimum atomic E-state index is -2.16. The molecule has 0 fully saturated rings. The number of hydrogen-bond acceptors (Lipinski definition) is 1. The van der Waals surface area contributed by atoms with Gasteiger partial charge in [0, 0.05) is 0 Å². The number of aromatic nitrogens is 2. The van der Waals surface area contributed by atoms with E-state index in [1.807, 2.05) is 14.0 Å². The van der Waals surface area contributed by atoms with Crippen LogP contribution in [0.1, 0.15) is 15.4 Å². The Morgan fingerprint density at radius 3 is 2.53 bits per heavy atom. The van der Waals surface area contributed by atoms with Crippen molar-refractivity contribution in [1.82, 2.24) is 4.98 Å². The van der Waals surface area contributed by atoms with Crippen molar-refractivity contribution in [3.8, 4) is 11.3 Å². The third kappa shape index (κ3) is 3.06. The van der Waals surface area contributed by atoms with Crippen molar-refractivity contribution >= 4 is 17.7 Å². The summed E-state index contributed by atoms with van der Waals surface area (Å²) in [5.74, 6) is 7.10. The molecular weight excluding hydrogens is 293 g/mol. The van der Waals surface area contributed by atoms with Gasteiger partial charge in [-0.05, 0) is 0 Å². The molecule has 0 spiro atoms.